The Labute approximate surface area is 137 Å². The van der Waals surface area contributed by atoms with Crippen LogP contribution in [0.15, 0.2) is 20.4 Å². The van der Waals surface area contributed by atoms with Crippen molar-refractivity contribution < 1.29 is 4.52 Å². The minimum absolute atomic E-state index is 0.531. The highest BCUT2D eigenvalue weighted by atomic mass is 79.9. The molecule has 0 saturated heterocycles. The van der Waals surface area contributed by atoms with E-state index in [4.69, 9.17) is 4.52 Å². The smallest absolute Gasteiger partial charge is 0.241 e. The second-order valence-corrected chi connectivity index (χ2v) is 7.86. The van der Waals surface area contributed by atoms with Crippen LogP contribution >= 0.6 is 27.3 Å². The van der Waals surface area contributed by atoms with Gasteiger partial charge >= 0.3 is 0 Å². The maximum atomic E-state index is 5.46. The predicted molar refractivity (Wildman–Crippen MR) is 88.2 cm³/mol. The molecule has 1 fully saturated rings. The van der Waals surface area contributed by atoms with Crippen LogP contribution in [-0.4, -0.2) is 27.1 Å². The molecule has 1 aliphatic rings. The Morgan fingerprint density at radius 3 is 2.76 bits per heavy atom. The fraction of sp³-hybridized carbons (Fsp3) is 0.600. The molecule has 0 amide bonds. The lowest BCUT2D eigenvalue weighted by atomic mass is 10.0. The molecule has 2 aromatic rings. The third-order valence-electron chi connectivity index (χ3n) is 4.08. The van der Waals surface area contributed by atoms with Crippen LogP contribution in [0.4, 0.5) is 0 Å². The van der Waals surface area contributed by atoms with E-state index in [2.05, 4.69) is 51.7 Å². The summed E-state index contributed by atoms with van der Waals surface area (Å²) < 4.78 is 6.51. The summed E-state index contributed by atoms with van der Waals surface area (Å²) in [5.41, 5.74) is 0. The normalized spacial score (nSPS) is 16.9. The quantitative estimate of drug-likeness (QED) is 0.747. The van der Waals surface area contributed by atoms with Crippen LogP contribution in [0.5, 0.6) is 0 Å². The van der Waals surface area contributed by atoms with Crippen molar-refractivity contribution in [2.75, 3.05) is 0 Å². The lowest BCUT2D eigenvalue weighted by Gasteiger charge is -2.30. The number of aromatic nitrogens is 2. The van der Waals surface area contributed by atoms with Crippen molar-refractivity contribution in [2.45, 2.75) is 52.2 Å². The maximum Gasteiger partial charge on any atom is 0.241 e. The molecule has 0 N–H and O–H groups in total. The predicted octanol–water partition coefficient (Wildman–Crippen LogP) is 4.57. The zero-order valence-electron chi connectivity index (χ0n) is 12.5. The Morgan fingerprint density at radius 1 is 1.43 bits per heavy atom. The van der Waals surface area contributed by atoms with Gasteiger partial charge in [-0.1, -0.05) is 19.0 Å². The molecule has 0 aliphatic heterocycles. The summed E-state index contributed by atoms with van der Waals surface area (Å²) in [5.74, 6) is 2.03. The molecule has 6 heteroatoms. The fourth-order valence-corrected chi connectivity index (χ4v) is 3.75. The van der Waals surface area contributed by atoms with Gasteiger partial charge in [0.2, 0.25) is 11.7 Å². The standard InChI is InChI=1S/C15H20BrN3OS/c1-9(2)10(3)19(12-4-5-12)7-14-17-15(18-20-14)13-6-11(16)8-21-13/h6,8-10,12H,4-5,7H2,1-3H3. The summed E-state index contributed by atoms with van der Waals surface area (Å²) in [6, 6.07) is 3.24. The third kappa shape index (κ3) is 3.55. The second kappa shape index (κ2) is 6.18. The van der Waals surface area contributed by atoms with Crippen molar-refractivity contribution in [3.63, 3.8) is 0 Å². The molecule has 1 atom stereocenters. The molecule has 1 aliphatic carbocycles. The molecule has 0 aromatic carbocycles. The van der Waals surface area contributed by atoms with E-state index in [1.54, 1.807) is 11.3 Å². The number of hydrogen-bond acceptors (Lipinski definition) is 5. The fourth-order valence-electron chi connectivity index (χ4n) is 2.40. The third-order valence-corrected chi connectivity index (χ3v) is 5.76. The van der Waals surface area contributed by atoms with Gasteiger partial charge in [-0.05, 0) is 47.7 Å². The van der Waals surface area contributed by atoms with Crippen molar-refractivity contribution in [2.24, 2.45) is 5.92 Å². The highest BCUT2D eigenvalue weighted by molar-refractivity contribution is 9.10. The lowest BCUT2D eigenvalue weighted by molar-refractivity contribution is 0.132. The van der Waals surface area contributed by atoms with Gasteiger partial charge < -0.3 is 4.52 Å². The van der Waals surface area contributed by atoms with E-state index in [-0.39, 0.29) is 0 Å². The van der Waals surface area contributed by atoms with Gasteiger partial charge in [0.1, 0.15) is 0 Å². The molecule has 4 nitrogen and oxygen atoms in total. The van der Waals surface area contributed by atoms with Crippen molar-refractivity contribution >= 4 is 27.3 Å². The number of halogens is 1. The van der Waals surface area contributed by atoms with Crippen molar-refractivity contribution in [3.05, 3.63) is 21.8 Å². The second-order valence-electron chi connectivity index (χ2n) is 6.03. The highest BCUT2D eigenvalue weighted by Crippen LogP contribution is 2.32. The largest absolute Gasteiger partial charge is 0.338 e. The van der Waals surface area contributed by atoms with Gasteiger partial charge in [0.05, 0.1) is 11.4 Å². The van der Waals surface area contributed by atoms with E-state index in [0.717, 1.165) is 15.9 Å². The summed E-state index contributed by atoms with van der Waals surface area (Å²) >= 11 is 5.07. The summed E-state index contributed by atoms with van der Waals surface area (Å²) in [6.07, 6.45) is 2.58. The first-order valence-electron chi connectivity index (χ1n) is 7.37. The molecule has 0 spiro atoms. The Balaban J connectivity index is 1.73. The summed E-state index contributed by atoms with van der Waals surface area (Å²) in [7, 11) is 0. The van der Waals surface area contributed by atoms with Crippen LogP contribution in [0.1, 0.15) is 39.5 Å². The molecular formula is C15H20BrN3OS. The first-order chi connectivity index (χ1) is 10.0. The average molecular weight is 370 g/mol. The molecule has 1 unspecified atom stereocenters. The number of rotatable bonds is 6. The lowest BCUT2D eigenvalue weighted by Crippen LogP contribution is -2.38. The Morgan fingerprint density at radius 2 is 2.19 bits per heavy atom. The first-order valence-corrected chi connectivity index (χ1v) is 9.04. The van der Waals surface area contributed by atoms with Crippen LogP contribution in [0.25, 0.3) is 10.7 Å². The molecule has 3 rings (SSSR count). The van der Waals surface area contributed by atoms with E-state index in [9.17, 15) is 0 Å². The molecule has 0 bridgehead atoms. The van der Waals surface area contributed by atoms with Crippen LogP contribution in [-0.2, 0) is 6.54 Å². The van der Waals surface area contributed by atoms with E-state index in [1.165, 1.54) is 12.8 Å². The van der Waals surface area contributed by atoms with Gasteiger partial charge in [0.15, 0.2) is 0 Å². The van der Waals surface area contributed by atoms with Crippen molar-refractivity contribution in [1.82, 2.24) is 15.0 Å². The molecular weight excluding hydrogens is 350 g/mol. The molecule has 2 aromatic heterocycles. The zero-order valence-corrected chi connectivity index (χ0v) is 14.9. The van der Waals surface area contributed by atoms with Gasteiger partial charge in [0, 0.05) is 21.9 Å². The van der Waals surface area contributed by atoms with E-state index < -0.39 is 0 Å². The SMILES string of the molecule is CC(C)C(C)N(Cc1nc(-c2cc(Br)cs2)no1)C1CC1. The Bertz CT molecular complexity index is 606. The topological polar surface area (TPSA) is 42.2 Å². The van der Waals surface area contributed by atoms with Crippen LogP contribution in [0.2, 0.25) is 0 Å². The van der Waals surface area contributed by atoms with E-state index >= 15 is 0 Å². The van der Waals surface area contributed by atoms with Gasteiger partial charge in [-0.25, -0.2) is 0 Å². The number of nitrogens with zero attached hydrogens (tertiary/aromatic N) is 3. The first kappa shape index (κ1) is 15.2. The monoisotopic (exact) mass is 369 g/mol. The van der Waals surface area contributed by atoms with Gasteiger partial charge in [0.25, 0.3) is 0 Å². The van der Waals surface area contributed by atoms with E-state index in [0.29, 0.717) is 29.7 Å². The summed E-state index contributed by atoms with van der Waals surface area (Å²) in [5, 5.41) is 6.14. The zero-order chi connectivity index (χ0) is 15.0. The van der Waals surface area contributed by atoms with Gasteiger partial charge in [-0.3, -0.25) is 4.90 Å². The van der Waals surface area contributed by atoms with Crippen molar-refractivity contribution in [3.8, 4) is 10.7 Å². The van der Waals surface area contributed by atoms with Crippen LogP contribution < -0.4 is 0 Å². The van der Waals surface area contributed by atoms with Crippen molar-refractivity contribution in [1.29, 1.82) is 0 Å². The highest BCUT2D eigenvalue weighted by Gasteiger charge is 2.34. The Hall–Kier alpha value is -0.720. The molecule has 21 heavy (non-hydrogen) atoms. The number of thiophene rings is 1. The summed E-state index contributed by atoms with van der Waals surface area (Å²) in [4.78, 5) is 8.10. The average Bonchev–Trinajstić information content (AvgIpc) is 3.02. The van der Waals surface area contributed by atoms with Gasteiger partial charge in [-0.2, -0.15) is 4.98 Å². The van der Waals surface area contributed by atoms with Crippen LogP contribution in [0, 0.1) is 5.92 Å². The molecule has 0 radical (unpaired) electrons. The molecule has 2 heterocycles. The number of hydrogen-bond donors (Lipinski definition) is 0. The Kier molecular flexibility index (Phi) is 4.47. The minimum atomic E-state index is 0.531. The molecule has 1 saturated carbocycles. The van der Waals surface area contributed by atoms with Gasteiger partial charge in [-0.15, -0.1) is 11.3 Å². The van der Waals surface area contributed by atoms with Crippen LogP contribution in [0.3, 0.4) is 0 Å². The summed E-state index contributed by atoms with van der Waals surface area (Å²) in [6.45, 7) is 7.57. The molecule has 114 valence electrons. The van der Waals surface area contributed by atoms with E-state index in [1.807, 2.05) is 11.4 Å². The minimum Gasteiger partial charge on any atom is -0.338 e. The maximum absolute atomic E-state index is 5.46.